The van der Waals surface area contributed by atoms with E-state index in [4.69, 9.17) is 18.3 Å². The van der Waals surface area contributed by atoms with E-state index in [-0.39, 0.29) is 13.2 Å². The molecule has 0 saturated heterocycles. The summed E-state index contributed by atoms with van der Waals surface area (Å²) in [7, 11) is -3.29. The van der Waals surface area contributed by atoms with Crippen LogP contribution in [0.2, 0.25) is 0 Å². The number of benzene rings is 5. The minimum Gasteiger partial charge on any atom is -0.463 e. The molecule has 0 fully saturated rings. The lowest BCUT2D eigenvalue weighted by Crippen LogP contribution is -2.55. The van der Waals surface area contributed by atoms with Crippen LogP contribution in [-0.2, 0) is 39.1 Å². The first-order valence-electron chi connectivity index (χ1n) is 15.0. The van der Waals surface area contributed by atoms with Gasteiger partial charge >= 0.3 is 21.2 Å². The van der Waals surface area contributed by atoms with Crippen molar-refractivity contribution in [3.8, 4) is 0 Å². The number of ether oxygens (including phenoxy) is 2. The van der Waals surface area contributed by atoms with Crippen molar-refractivity contribution in [2.45, 2.75) is 25.0 Å². The normalized spacial score (nSPS) is 11.6. The van der Waals surface area contributed by atoms with Crippen LogP contribution in [0.4, 0.5) is 0 Å². The molecule has 0 N–H and O–H groups in total. The van der Waals surface area contributed by atoms with Crippen molar-refractivity contribution in [1.29, 1.82) is 0 Å². The lowest BCUT2D eigenvalue weighted by molar-refractivity contribution is -0.164. The van der Waals surface area contributed by atoms with Crippen molar-refractivity contribution in [3.63, 3.8) is 0 Å². The van der Waals surface area contributed by atoms with E-state index in [0.29, 0.717) is 22.3 Å². The number of hydrogen-bond acceptors (Lipinski definition) is 6. The molecule has 5 aromatic rings. The Bertz CT molecular complexity index is 1460. The summed E-state index contributed by atoms with van der Waals surface area (Å²) in [6, 6.07) is 46.5. The average Bonchev–Trinajstić information content (AvgIpc) is 3.11. The lowest BCUT2D eigenvalue weighted by atomic mass is 9.86. The predicted molar refractivity (Wildman–Crippen MR) is 176 cm³/mol. The molecule has 0 unspecified atom stereocenters. The number of carbonyl (C=O) groups excluding carboxylic acids is 2. The number of hydrogen-bond donors (Lipinski definition) is 0. The van der Waals surface area contributed by atoms with Gasteiger partial charge in [0.1, 0.15) is 0 Å². The molecular weight excluding hydrogens is 580 g/mol. The highest BCUT2D eigenvalue weighted by Gasteiger charge is 2.52. The second kappa shape index (κ2) is 14.8. The molecule has 5 aromatic carbocycles. The molecule has 0 amide bonds. The molecule has 228 valence electrons. The van der Waals surface area contributed by atoms with Gasteiger partial charge in [0.15, 0.2) is 0 Å². The van der Waals surface area contributed by atoms with Gasteiger partial charge in [0.25, 0.3) is 0 Å². The van der Waals surface area contributed by atoms with Gasteiger partial charge in [0, 0.05) is 0 Å². The van der Waals surface area contributed by atoms with Crippen molar-refractivity contribution in [3.05, 3.63) is 174 Å². The molecule has 0 bridgehead atoms. The fraction of sp³-hybridized carbons (Fsp3) is 0.158. The molecule has 0 spiro atoms. The third-order valence-electron chi connectivity index (χ3n) is 7.49. The van der Waals surface area contributed by atoms with Gasteiger partial charge in [-0.15, -0.1) is 0 Å². The maximum Gasteiger partial charge on any atom is 0.358 e. The van der Waals surface area contributed by atoms with Crippen molar-refractivity contribution >= 4 is 26.4 Å². The van der Waals surface area contributed by atoms with Crippen LogP contribution >= 0.6 is 0 Å². The Hall–Kier alpha value is -4.82. The molecular formula is C38H36O6Si. The second-order valence-corrected chi connectivity index (χ2v) is 12.0. The maximum atomic E-state index is 14.3. The highest BCUT2D eigenvalue weighted by Crippen LogP contribution is 2.40. The number of esters is 2. The zero-order valence-corrected chi connectivity index (χ0v) is 26.5. The van der Waals surface area contributed by atoms with Crippen molar-refractivity contribution in [2.24, 2.45) is 0 Å². The Morgan fingerprint density at radius 1 is 0.467 bits per heavy atom. The van der Waals surface area contributed by atoms with E-state index in [1.54, 1.807) is 13.8 Å². The van der Waals surface area contributed by atoms with Crippen LogP contribution < -0.4 is 5.19 Å². The zero-order valence-electron chi connectivity index (χ0n) is 25.4. The SMILES string of the molecule is CCOC(=O)C(O[SiH](OC(C(=O)OCC)(c1ccccc1)c1ccccc1)c1ccccc1)(c1ccccc1)c1ccccc1. The highest BCUT2D eigenvalue weighted by molar-refractivity contribution is 6.62. The molecule has 7 heteroatoms. The van der Waals surface area contributed by atoms with Gasteiger partial charge in [-0.1, -0.05) is 152 Å². The fourth-order valence-corrected chi connectivity index (χ4v) is 7.66. The molecule has 0 aromatic heterocycles. The molecule has 0 heterocycles. The number of rotatable bonds is 13. The van der Waals surface area contributed by atoms with Crippen molar-refractivity contribution < 1.29 is 27.9 Å². The summed E-state index contributed by atoms with van der Waals surface area (Å²) in [5, 5.41) is 0.721. The molecule has 0 saturated carbocycles. The van der Waals surface area contributed by atoms with Crippen LogP contribution in [0, 0.1) is 0 Å². The Morgan fingerprint density at radius 2 is 0.733 bits per heavy atom. The molecule has 6 nitrogen and oxygen atoms in total. The van der Waals surface area contributed by atoms with Gasteiger partial charge in [-0.3, -0.25) is 0 Å². The Kier molecular flexibility index (Phi) is 10.4. The average molecular weight is 617 g/mol. The zero-order chi connectivity index (χ0) is 31.5. The second-order valence-electron chi connectivity index (χ2n) is 10.2. The molecule has 45 heavy (non-hydrogen) atoms. The van der Waals surface area contributed by atoms with Crippen LogP contribution in [0.5, 0.6) is 0 Å². The summed E-state index contributed by atoms with van der Waals surface area (Å²) >= 11 is 0. The third-order valence-corrected chi connectivity index (χ3v) is 9.55. The Balaban J connectivity index is 1.79. The van der Waals surface area contributed by atoms with Crippen LogP contribution in [0.1, 0.15) is 36.1 Å². The van der Waals surface area contributed by atoms with E-state index >= 15 is 0 Å². The maximum absolute atomic E-state index is 14.3. The topological polar surface area (TPSA) is 71.1 Å². The standard InChI is InChI=1S/C38H36O6Si/c1-3-41-35(39)37(30-20-10-5-11-21-30,31-22-12-6-13-23-31)43-45(34-28-18-9-19-29-34)44-38(36(40)42-4-2,32-24-14-7-15-25-32)33-26-16-8-17-27-33/h5-29,45H,3-4H2,1-2H3. The van der Waals surface area contributed by atoms with E-state index in [0.717, 1.165) is 5.19 Å². The van der Waals surface area contributed by atoms with E-state index in [9.17, 15) is 9.59 Å². The van der Waals surface area contributed by atoms with Gasteiger partial charge in [0.2, 0.25) is 11.2 Å². The smallest absolute Gasteiger partial charge is 0.358 e. The minimum absolute atomic E-state index is 0.142. The first kappa shape index (κ1) is 31.6. The van der Waals surface area contributed by atoms with Crippen molar-refractivity contribution in [1.82, 2.24) is 0 Å². The Morgan fingerprint density at radius 3 is 1.00 bits per heavy atom. The predicted octanol–water partition coefficient (Wildman–Crippen LogP) is 6.16. The van der Waals surface area contributed by atoms with Gasteiger partial charge in [-0.05, 0) is 41.3 Å². The molecule has 0 atom stereocenters. The first-order chi connectivity index (χ1) is 22.1. The monoisotopic (exact) mass is 616 g/mol. The first-order valence-corrected chi connectivity index (χ1v) is 16.5. The number of carbonyl (C=O) groups is 2. The molecule has 0 radical (unpaired) electrons. The summed E-state index contributed by atoms with van der Waals surface area (Å²) < 4.78 is 25.8. The van der Waals surface area contributed by atoms with Gasteiger partial charge < -0.3 is 18.3 Å². The molecule has 0 aliphatic carbocycles. The van der Waals surface area contributed by atoms with Crippen molar-refractivity contribution in [2.75, 3.05) is 13.2 Å². The van der Waals surface area contributed by atoms with Gasteiger partial charge in [-0.25, -0.2) is 9.59 Å². The summed E-state index contributed by atoms with van der Waals surface area (Å²) in [5.74, 6) is -1.17. The molecule has 5 rings (SSSR count). The van der Waals surface area contributed by atoms with Crippen LogP contribution in [-0.4, -0.2) is 34.4 Å². The highest BCUT2D eigenvalue weighted by atomic mass is 28.3. The van der Waals surface area contributed by atoms with Gasteiger partial charge in [-0.2, -0.15) is 0 Å². The summed E-state index contributed by atoms with van der Waals surface area (Å²) in [5.41, 5.74) is -1.11. The summed E-state index contributed by atoms with van der Waals surface area (Å²) in [6.07, 6.45) is 0. The van der Waals surface area contributed by atoms with E-state index < -0.39 is 32.4 Å². The molecule has 0 aliphatic heterocycles. The lowest BCUT2D eigenvalue weighted by Gasteiger charge is -2.40. The van der Waals surface area contributed by atoms with Crippen LogP contribution in [0.25, 0.3) is 0 Å². The van der Waals surface area contributed by atoms with Crippen LogP contribution in [0.3, 0.4) is 0 Å². The quantitative estimate of drug-likeness (QED) is 0.117. The van der Waals surface area contributed by atoms with E-state index in [1.165, 1.54) is 0 Å². The van der Waals surface area contributed by atoms with Gasteiger partial charge in [0.05, 0.1) is 13.2 Å². The Labute approximate surface area is 266 Å². The third kappa shape index (κ3) is 6.51. The summed E-state index contributed by atoms with van der Waals surface area (Å²) in [4.78, 5) is 28.6. The molecule has 0 aliphatic rings. The van der Waals surface area contributed by atoms with E-state index in [1.807, 2.05) is 152 Å². The fourth-order valence-electron chi connectivity index (χ4n) is 5.42. The minimum atomic E-state index is -3.29. The summed E-state index contributed by atoms with van der Waals surface area (Å²) in [6.45, 7) is 3.81. The van der Waals surface area contributed by atoms with Crippen LogP contribution in [0.15, 0.2) is 152 Å². The largest absolute Gasteiger partial charge is 0.463 e. The van der Waals surface area contributed by atoms with E-state index in [2.05, 4.69) is 0 Å².